The highest BCUT2D eigenvalue weighted by molar-refractivity contribution is 5.79. The van der Waals surface area contributed by atoms with Crippen LogP contribution in [-0.2, 0) is 14.3 Å². The maximum atomic E-state index is 12.2. The smallest absolute Gasteiger partial charge is 0.407 e. The zero-order valence-corrected chi connectivity index (χ0v) is 19.2. The summed E-state index contributed by atoms with van der Waals surface area (Å²) in [6.07, 6.45) is 0.700. The highest BCUT2D eigenvalue weighted by Crippen LogP contribution is 2.44. The SMILES string of the molecule is CC(CCNC(=O)C(C)CCNC(=O)OCC1c2ccccc2-c2ccccc21)CC(=O)O. The molecule has 0 aliphatic heterocycles. The maximum Gasteiger partial charge on any atom is 0.407 e. The normalized spacial score (nSPS) is 14.0. The maximum absolute atomic E-state index is 12.2. The Hall–Kier alpha value is -3.35. The number of carbonyl (C=O) groups excluding carboxylic acids is 2. The first-order valence-electron chi connectivity index (χ1n) is 11.4. The van der Waals surface area contributed by atoms with E-state index in [0.717, 1.165) is 11.1 Å². The summed E-state index contributed by atoms with van der Waals surface area (Å²) in [5.41, 5.74) is 4.68. The van der Waals surface area contributed by atoms with Gasteiger partial charge in [0, 0.05) is 31.3 Å². The van der Waals surface area contributed by atoms with E-state index < -0.39 is 12.1 Å². The molecular formula is C26H32N2O5. The van der Waals surface area contributed by atoms with Crippen LogP contribution in [0.3, 0.4) is 0 Å². The van der Waals surface area contributed by atoms with Crippen LogP contribution in [0.1, 0.15) is 50.2 Å². The molecule has 7 nitrogen and oxygen atoms in total. The monoisotopic (exact) mass is 452 g/mol. The fraction of sp³-hybridized carbons (Fsp3) is 0.423. The number of carbonyl (C=O) groups is 3. The quantitative estimate of drug-likeness (QED) is 0.475. The van der Waals surface area contributed by atoms with Crippen LogP contribution in [0.2, 0.25) is 0 Å². The van der Waals surface area contributed by atoms with E-state index in [1.165, 1.54) is 11.1 Å². The molecule has 176 valence electrons. The number of alkyl carbamates (subject to hydrolysis) is 1. The Labute approximate surface area is 194 Å². The molecule has 0 saturated heterocycles. The van der Waals surface area contributed by atoms with E-state index >= 15 is 0 Å². The number of carboxylic acid groups (broad SMARTS) is 1. The first-order valence-corrected chi connectivity index (χ1v) is 11.4. The molecule has 2 unspecified atom stereocenters. The molecule has 3 rings (SSSR count). The van der Waals surface area contributed by atoms with E-state index in [1.807, 2.05) is 31.2 Å². The molecule has 33 heavy (non-hydrogen) atoms. The summed E-state index contributed by atoms with van der Waals surface area (Å²) in [6, 6.07) is 16.3. The minimum atomic E-state index is -0.832. The average molecular weight is 453 g/mol. The van der Waals surface area contributed by atoms with E-state index in [2.05, 4.69) is 34.9 Å². The van der Waals surface area contributed by atoms with E-state index in [0.29, 0.717) is 25.9 Å². The summed E-state index contributed by atoms with van der Waals surface area (Å²) in [5.74, 6) is -1.19. The van der Waals surface area contributed by atoms with Crippen molar-refractivity contribution < 1.29 is 24.2 Å². The first-order chi connectivity index (χ1) is 15.9. The van der Waals surface area contributed by atoms with Crippen molar-refractivity contribution in [2.24, 2.45) is 11.8 Å². The van der Waals surface area contributed by atoms with Gasteiger partial charge in [-0.1, -0.05) is 62.4 Å². The number of hydrogen-bond acceptors (Lipinski definition) is 4. The molecular weight excluding hydrogens is 420 g/mol. The molecule has 7 heteroatoms. The Morgan fingerprint density at radius 1 is 0.909 bits per heavy atom. The van der Waals surface area contributed by atoms with Gasteiger partial charge in [-0.15, -0.1) is 0 Å². The van der Waals surface area contributed by atoms with Gasteiger partial charge < -0.3 is 20.5 Å². The predicted octanol–water partition coefficient (Wildman–Crippen LogP) is 4.17. The highest BCUT2D eigenvalue weighted by Gasteiger charge is 2.29. The number of benzene rings is 2. The van der Waals surface area contributed by atoms with Gasteiger partial charge in [-0.3, -0.25) is 9.59 Å². The number of nitrogens with one attached hydrogen (secondary N) is 2. The number of fused-ring (bicyclic) bond motifs is 3. The van der Waals surface area contributed by atoms with Crippen molar-refractivity contribution in [1.29, 1.82) is 0 Å². The second-order valence-electron chi connectivity index (χ2n) is 8.72. The molecule has 2 aromatic rings. The van der Waals surface area contributed by atoms with Crippen molar-refractivity contribution >= 4 is 18.0 Å². The molecule has 0 heterocycles. The predicted molar refractivity (Wildman–Crippen MR) is 126 cm³/mol. The van der Waals surface area contributed by atoms with Gasteiger partial charge in [-0.25, -0.2) is 4.79 Å². The summed E-state index contributed by atoms with van der Waals surface area (Å²) in [4.78, 5) is 35.1. The standard InChI is InChI=1S/C26H32N2O5/c1-17(15-24(29)30)11-13-27-25(31)18(2)12-14-28-26(32)33-16-23-21-9-5-3-7-19(21)20-8-4-6-10-22(20)23/h3-10,17-18,23H,11-16H2,1-2H3,(H,27,31)(H,28,32)(H,29,30). The van der Waals surface area contributed by atoms with Crippen LogP contribution in [0.4, 0.5) is 4.79 Å². The Balaban J connectivity index is 1.38. The van der Waals surface area contributed by atoms with Crippen molar-refractivity contribution in [2.75, 3.05) is 19.7 Å². The number of amides is 2. The van der Waals surface area contributed by atoms with Crippen LogP contribution < -0.4 is 10.6 Å². The number of carboxylic acids is 1. The Kier molecular flexibility index (Phi) is 8.46. The van der Waals surface area contributed by atoms with E-state index in [-0.39, 0.29) is 36.7 Å². The van der Waals surface area contributed by atoms with Crippen LogP contribution >= 0.6 is 0 Å². The van der Waals surface area contributed by atoms with Gasteiger partial charge in [-0.05, 0) is 41.0 Å². The number of rotatable bonds is 11. The Morgan fingerprint density at radius 3 is 2.09 bits per heavy atom. The molecule has 0 radical (unpaired) electrons. The molecule has 2 atom stereocenters. The summed E-state index contributed by atoms with van der Waals surface area (Å²) in [5, 5.41) is 14.3. The van der Waals surface area contributed by atoms with Crippen LogP contribution in [0, 0.1) is 11.8 Å². The topological polar surface area (TPSA) is 105 Å². The third kappa shape index (κ3) is 6.57. The van der Waals surface area contributed by atoms with Gasteiger partial charge in [0.15, 0.2) is 0 Å². The average Bonchev–Trinajstić information content (AvgIpc) is 3.11. The second kappa shape index (κ2) is 11.5. The molecule has 0 fully saturated rings. The van der Waals surface area contributed by atoms with Gasteiger partial charge in [0.25, 0.3) is 0 Å². The lowest BCUT2D eigenvalue weighted by Crippen LogP contribution is -2.34. The molecule has 0 aromatic heterocycles. The van der Waals surface area contributed by atoms with Gasteiger partial charge in [0.1, 0.15) is 6.61 Å². The zero-order chi connectivity index (χ0) is 23.8. The van der Waals surface area contributed by atoms with Gasteiger partial charge in [0.2, 0.25) is 5.91 Å². The van der Waals surface area contributed by atoms with Gasteiger partial charge in [0.05, 0.1) is 0 Å². The summed E-state index contributed by atoms with van der Waals surface area (Å²) >= 11 is 0. The summed E-state index contributed by atoms with van der Waals surface area (Å²) < 4.78 is 5.51. The fourth-order valence-electron chi connectivity index (χ4n) is 4.19. The molecule has 0 spiro atoms. The van der Waals surface area contributed by atoms with Crippen LogP contribution in [-0.4, -0.2) is 42.8 Å². The largest absolute Gasteiger partial charge is 0.481 e. The minimum absolute atomic E-state index is 0.00772. The third-order valence-corrected chi connectivity index (χ3v) is 6.10. The van der Waals surface area contributed by atoms with Gasteiger partial charge >= 0.3 is 12.1 Å². The Morgan fingerprint density at radius 2 is 1.48 bits per heavy atom. The lowest BCUT2D eigenvalue weighted by molar-refractivity contribution is -0.138. The van der Waals surface area contributed by atoms with Crippen molar-refractivity contribution in [2.45, 2.75) is 39.0 Å². The van der Waals surface area contributed by atoms with E-state index in [1.54, 1.807) is 6.92 Å². The molecule has 0 saturated carbocycles. The summed E-state index contributed by atoms with van der Waals surface area (Å²) in [7, 11) is 0. The van der Waals surface area contributed by atoms with Crippen molar-refractivity contribution in [3.63, 3.8) is 0 Å². The van der Waals surface area contributed by atoms with Crippen molar-refractivity contribution in [3.05, 3.63) is 59.7 Å². The Bertz CT molecular complexity index is 945. The molecule has 1 aliphatic rings. The van der Waals surface area contributed by atoms with Crippen LogP contribution in [0.5, 0.6) is 0 Å². The number of ether oxygens (including phenoxy) is 1. The van der Waals surface area contributed by atoms with Gasteiger partial charge in [-0.2, -0.15) is 0 Å². The molecule has 0 bridgehead atoms. The highest BCUT2D eigenvalue weighted by atomic mass is 16.5. The van der Waals surface area contributed by atoms with Crippen molar-refractivity contribution in [1.82, 2.24) is 10.6 Å². The molecule has 1 aliphatic carbocycles. The first kappa shape index (κ1) is 24.3. The lowest BCUT2D eigenvalue weighted by atomic mass is 9.98. The third-order valence-electron chi connectivity index (χ3n) is 6.10. The molecule has 2 aromatic carbocycles. The number of aliphatic carboxylic acids is 1. The molecule has 2 amide bonds. The molecule has 3 N–H and O–H groups in total. The van der Waals surface area contributed by atoms with Crippen LogP contribution in [0.25, 0.3) is 11.1 Å². The summed E-state index contributed by atoms with van der Waals surface area (Å²) in [6.45, 7) is 4.68. The van der Waals surface area contributed by atoms with Crippen molar-refractivity contribution in [3.8, 4) is 11.1 Å². The van der Waals surface area contributed by atoms with Crippen LogP contribution in [0.15, 0.2) is 48.5 Å². The van der Waals surface area contributed by atoms with E-state index in [9.17, 15) is 14.4 Å². The number of hydrogen-bond donors (Lipinski definition) is 3. The fourth-order valence-corrected chi connectivity index (χ4v) is 4.19. The minimum Gasteiger partial charge on any atom is -0.481 e. The lowest BCUT2D eigenvalue weighted by Gasteiger charge is -2.16. The zero-order valence-electron chi connectivity index (χ0n) is 19.2. The second-order valence-corrected chi connectivity index (χ2v) is 8.72. The van der Waals surface area contributed by atoms with E-state index in [4.69, 9.17) is 9.84 Å².